The molecule has 92 valence electrons. The van der Waals surface area contributed by atoms with Crippen molar-refractivity contribution in [2.24, 2.45) is 0 Å². The van der Waals surface area contributed by atoms with E-state index in [1.54, 1.807) is 0 Å². The first-order chi connectivity index (χ1) is 7.59. The van der Waals surface area contributed by atoms with Gasteiger partial charge in [0.05, 0.1) is 12.2 Å². The largest absolute Gasteiger partial charge is 0.377 e. The molecule has 1 aliphatic rings. The van der Waals surface area contributed by atoms with Crippen molar-refractivity contribution >= 4 is 0 Å². The predicted octanol–water partition coefficient (Wildman–Crippen LogP) is 0.989. The van der Waals surface area contributed by atoms with Gasteiger partial charge in [0.25, 0.3) is 0 Å². The molecular formula is C12H23N3O. The second-order valence-electron chi connectivity index (χ2n) is 4.78. The van der Waals surface area contributed by atoms with Crippen LogP contribution >= 0.6 is 0 Å². The van der Waals surface area contributed by atoms with E-state index in [9.17, 15) is 0 Å². The number of ether oxygens (including phenoxy) is 1. The van der Waals surface area contributed by atoms with Gasteiger partial charge in [0, 0.05) is 26.2 Å². The zero-order valence-corrected chi connectivity index (χ0v) is 10.6. The molecule has 2 atom stereocenters. The van der Waals surface area contributed by atoms with Gasteiger partial charge in [-0.1, -0.05) is 0 Å². The smallest absolute Gasteiger partial charge is 0.104 e. The summed E-state index contributed by atoms with van der Waals surface area (Å²) in [5.41, 5.74) is -0.406. The minimum Gasteiger partial charge on any atom is -0.377 e. The van der Waals surface area contributed by atoms with Crippen molar-refractivity contribution in [3.63, 3.8) is 0 Å². The quantitative estimate of drug-likeness (QED) is 0.775. The fourth-order valence-electron chi connectivity index (χ4n) is 1.90. The van der Waals surface area contributed by atoms with E-state index in [1.165, 1.54) is 0 Å². The molecule has 1 fully saturated rings. The van der Waals surface area contributed by atoms with Gasteiger partial charge in [-0.05, 0) is 33.7 Å². The molecule has 0 saturated carbocycles. The van der Waals surface area contributed by atoms with E-state index in [2.05, 4.69) is 23.2 Å². The summed E-state index contributed by atoms with van der Waals surface area (Å²) in [7, 11) is 1.84. The van der Waals surface area contributed by atoms with Crippen LogP contribution in [0.25, 0.3) is 0 Å². The van der Waals surface area contributed by atoms with E-state index in [1.807, 2.05) is 14.0 Å². The Labute approximate surface area is 98.6 Å². The van der Waals surface area contributed by atoms with Gasteiger partial charge in [0.1, 0.15) is 5.54 Å². The third kappa shape index (κ3) is 4.09. The molecule has 0 amide bonds. The first-order valence-corrected chi connectivity index (χ1v) is 6.04. The van der Waals surface area contributed by atoms with E-state index in [4.69, 9.17) is 10.00 Å². The lowest BCUT2D eigenvalue weighted by atomic mass is 10.00. The zero-order valence-electron chi connectivity index (χ0n) is 10.6. The molecule has 1 aliphatic heterocycles. The van der Waals surface area contributed by atoms with Gasteiger partial charge >= 0.3 is 0 Å². The monoisotopic (exact) mass is 225 g/mol. The second-order valence-corrected chi connectivity index (χ2v) is 4.78. The maximum absolute atomic E-state index is 9.07. The van der Waals surface area contributed by atoms with Crippen LogP contribution in [0.1, 0.15) is 26.7 Å². The maximum atomic E-state index is 9.07. The molecule has 1 heterocycles. The lowest BCUT2D eigenvalue weighted by Gasteiger charge is -2.27. The molecule has 0 aromatic rings. The lowest BCUT2D eigenvalue weighted by molar-refractivity contribution is 0.0669. The number of rotatable bonds is 4. The van der Waals surface area contributed by atoms with Crippen LogP contribution in [0.4, 0.5) is 0 Å². The summed E-state index contributed by atoms with van der Waals surface area (Å²) in [6.45, 7) is 7.93. The molecule has 0 bridgehead atoms. The van der Waals surface area contributed by atoms with Crippen LogP contribution in [-0.4, -0.2) is 49.8 Å². The van der Waals surface area contributed by atoms with Crippen molar-refractivity contribution in [2.75, 3.05) is 33.3 Å². The third-order valence-electron chi connectivity index (χ3n) is 3.26. The first kappa shape index (κ1) is 13.4. The minimum absolute atomic E-state index is 0.311. The van der Waals surface area contributed by atoms with E-state index in [0.717, 1.165) is 39.1 Å². The fraction of sp³-hybridized carbons (Fsp3) is 0.917. The summed E-state index contributed by atoms with van der Waals surface area (Å²) in [5.74, 6) is 0. The summed E-state index contributed by atoms with van der Waals surface area (Å²) >= 11 is 0. The molecule has 16 heavy (non-hydrogen) atoms. The molecule has 0 aromatic carbocycles. The Balaban J connectivity index is 2.39. The summed E-state index contributed by atoms with van der Waals surface area (Å²) in [6, 6.07) is 2.33. The SMILES string of the molecule is CNC(C)(C#N)CCN1CCCOC(C)C1. The average Bonchev–Trinajstić information content (AvgIpc) is 2.50. The Hall–Kier alpha value is -0.630. The van der Waals surface area contributed by atoms with Crippen LogP contribution in [0.15, 0.2) is 0 Å². The molecule has 1 saturated heterocycles. The number of nitrogens with one attached hydrogen (secondary N) is 1. The van der Waals surface area contributed by atoms with Crippen LogP contribution in [0.2, 0.25) is 0 Å². The zero-order chi connectivity index (χ0) is 12.0. The van der Waals surface area contributed by atoms with Crippen molar-refractivity contribution in [1.82, 2.24) is 10.2 Å². The van der Waals surface area contributed by atoms with E-state index < -0.39 is 5.54 Å². The van der Waals surface area contributed by atoms with Crippen LogP contribution in [0, 0.1) is 11.3 Å². The number of nitrogens with zero attached hydrogens (tertiary/aromatic N) is 2. The maximum Gasteiger partial charge on any atom is 0.104 e. The highest BCUT2D eigenvalue weighted by Crippen LogP contribution is 2.11. The van der Waals surface area contributed by atoms with Gasteiger partial charge in [-0.15, -0.1) is 0 Å². The molecular weight excluding hydrogens is 202 g/mol. The van der Waals surface area contributed by atoms with Gasteiger partial charge < -0.3 is 15.0 Å². The number of hydrogen-bond donors (Lipinski definition) is 1. The van der Waals surface area contributed by atoms with Crippen LogP contribution < -0.4 is 5.32 Å². The Morgan fingerprint density at radius 1 is 1.62 bits per heavy atom. The van der Waals surface area contributed by atoms with Crippen LogP contribution in [0.5, 0.6) is 0 Å². The van der Waals surface area contributed by atoms with Crippen molar-refractivity contribution in [3.05, 3.63) is 0 Å². The van der Waals surface area contributed by atoms with Gasteiger partial charge in [-0.2, -0.15) is 5.26 Å². The second kappa shape index (κ2) is 6.19. The van der Waals surface area contributed by atoms with Crippen molar-refractivity contribution in [1.29, 1.82) is 5.26 Å². The van der Waals surface area contributed by atoms with E-state index in [-0.39, 0.29) is 0 Å². The lowest BCUT2D eigenvalue weighted by Crippen LogP contribution is -2.42. The first-order valence-electron chi connectivity index (χ1n) is 6.04. The standard InChI is InChI=1S/C12H23N3O/c1-11-9-15(6-4-8-16-11)7-5-12(2,10-13)14-3/h11,14H,4-9H2,1-3H3. The normalized spacial score (nSPS) is 26.8. The van der Waals surface area contributed by atoms with Gasteiger partial charge in [0.15, 0.2) is 0 Å². The van der Waals surface area contributed by atoms with Gasteiger partial charge in [-0.3, -0.25) is 0 Å². The van der Waals surface area contributed by atoms with Gasteiger partial charge in [0.2, 0.25) is 0 Å². The van der Waals surface area contributed by atoms with Crippen molar-refractivity contribution < 1.29 is 4.74 Å². The Morgan fingerprint density at radius 2 is 2.38 bits per heavy atom. The van der Waals surface area contributed by atoms with Crippen LogP contribution in [-0.2, 0) is 4.74 Å². The molecule has 0 aromatic heterocycles. The average molecular weight is 225 g/mol. The fourth-order valence-corrected chi connectivity index (χ4v) is 1.90. The number of hydrogen-bond acceptors (Lipinski definition) is 4. The minimum atomic E-state index is -0.406. The van der Waals surface area contributed by atoms with E-state index in [0.29, 0.717) is 6.10 Å². The molecule has 0 spiro atoms. The summed E-state index contributed by atoms with van der Waals surface area (Å²) in [4.78, 5) is 2.39. The molecule has 0 aliphatic carbocycles. The number of nitriles is 1. The van der Waals surface area contributed by atoms with Crippen molar-refractivity contribution in [3.8, 4) is 6.07 Å². The molecule has 1 rings (SSSR count). The van der Waals surface area contributed by atoms with E-state index >= 15 is 0 Å². The summed E-state index contributed by atoms with van der Waals surface area (Å²) in [5, 5.41) is 12.1. The molecule has 4 nitrogen and oxygen atoms in total. The molecule has 0 radical (unpaired) electrons. The Morgan fingerprint density at radius 3 is 3.00 bits per heavy atom. The third-order valence-corrected chi connectivity index (χ3v) is 3.26. The van der Waals surface area contributed by atoms with Crippen molar-refractivity contribution in [2.45, 2.75) is 38.3 Å². The van der Waals surface area contributed by atoms with Crippen LogP contribution in [0.3, 0.4) is 0 Å². The molecule has 2 unspecified atom stereocenters. The predicted molar refractivity (Wildman–Crippen MR) is 64.2 cm³/mol. The Kier molecular flexibility index (Phi) is 5.20. The summed E-state index contributed by atoms with van der Waals surface area (Å²) < 4.78 is 5.60. The molecule has 4 heteroatoms. The Bertz CT molecular complexity index is 251. The van der Waals surface area contributed by atoms with Gasteiger partial charge in [-0.25, -0.2) is 0 Å². The molecule has 1 N–H and O–H groups in total. The summed E-state index contributed by atoms with van der Waals surface area (Å²) in [6.07, 6.45) is 2.25. The topological polar surface area (TPSA) is 48.3 Å². The highest BCUT2D eigenvalue weighted by Gasteiger charge is 2.23. The highest BCUT2D eigenvalue weighted by molar-refractivity contribution is 5.03. The highest BCUT2D eigenvalue weighted by atomic mass is 16.5.